The molecule has 0 unspecified atom stereocenters. The summed E-state index contributed by atoms with van der Waals surface area (Å²) in [6, 6.07) is 4.99. The average molecular weight is 365 g/mol. The number of nitrogens with zero attached hydrogens (tertiary/aromatic N) is 5. The molecule has 0 saturated carbocycles. The SMILES string of the molecule is O=S(=O)(N1CCOCC1)N1CCC[C@H]1c1nc(-c2ccccn2)no1. The summed E-state index contributed by atoms with van der Waals surface area (Å²) >= 11 is 0. The Morgan fingerprint density at radius 1 is 1.16 bits per heavy atom. The first-order valence-electron chi connectivity index (χ1n) is 8.26. The minimum absolute atomic E-state index is 0.315. The largest absolute Gasteiger partial charge is 0.379 e. The highest BCUT2D eigenvalue weighted by atomic mass is 32.2. The zero-order valence-corrected chi connectivity index (χ0v) is 14.4. The Balaban J connectivity index is 1.58. The summed E-state index contributed by atoms with van der Waals surface area (Å²) in [6.07, 6.45) is 3.07. The fraction of sp³-hybridized carbons (Fsp3) is 0.533. The van der Waals surface area contributed by atoms with Gasteiger partial charge in [-0.05, 0) is 25.0 Å². The van der Waals surface area contributed by atoms with E-state index in [2.05, 4.69) is 15.1 Å². The molecule has 0 aliphatic carbocycles. The molecular formula is C15H19N5O4S. The quantitative estimate of drug-likeness (QED) is 0.791. The second-order valence-corrected chi connectivity index (χ2v) is 7.84. The maximum absolute atomic E-state index is 12.9. The van der Waals surface area contributed by atoms with Crippen molar-refractivity contribution < 1.29 is 17.7 Å². The molecule has 0 spiro atoms. The molecule has 0 radical (unpaired) electrons. The summed E-state index contributed by atoms with van der Waals surface area (Å²) in [5, 5.41) is 3.96. The van der Waals surface area contributed by atoms with E-state index in [0.717, 1.165) is 6.42 Å². The molecule has 134 valence electrons. The van der Waals surface area contributed by atoms with Gasteiger partial charge in [0.05, 0.1) is 13.2 Å². The van der Waals surface area contributed by atoms with Crippen LogP contribution < -0.4 is 0 Å². The maximum atomic E-state index is 12.9. The Labute approximate surface area is 145 Å². The summed E-state index contributed by atoms with van der Waals surface area (Å²) in [5.74, 6) is 0.682. The normalized spacial score (nSPS) is 23.1. The van der Waals surface area contributed by atoms with Crippen LogP contribution in [0.4, 0.5) is 0 Å². The number of morpholine rings is 1. The van der Waals surface area contributed by atoms with Gasteiger partial charge in [-0.3, -0.25) is 4.98 Å². The second kappa shape index (κ2) is 6.79. The van der Waals surface area contributed by atoms with E-state index in [1.807, 2.05) is 6.07 Å². The summed E-state index contributed by atoms with van der Waals surface area (Å²) in [4.78, 5) is 8.57. The van der Waals surface area contributed by atoms with Gasteiger partial charge in [0.2, 0.25) is 11.7 Å². The van der Waals surface area contributed by atoms with Crippen LogP contribution in [0.5, 0.6) is 0 Å². The van der Waals surface area contributed by atoms with E-state index in [1.54, 1.807) is 18.3 Å². The van der Waals surface area contributed by atoms with Crippen molar-refractivity contribution in [3.8, 4) is 11.5 Å². The number of hydrogen-bond donors (Lipinski definition) is 0. The van der Waals surface area contributed by atoms with Crippen LogP contribution >= 0.6 is 0 Å². The summed E-state index contributed by atoms with van der Waals surface area (Å²) in [6.45, 7) is 2.03. The second-order valence-electron chi connectivity index (χ2n) is 5.96. The van der Waals surface area contributed by atoms with Gasteiger partial charge in [0, 0.05) is 25.8 Å². The molecule has 0 amide bonds. The molecule has 2 aromatic rings. The van der Waals surface area contributed by atoms with Crippen LogP contribution in [0.2, 0.25) is 0 Å². The van der Waals surface area contributed by atoms with E-state index in [4.69, 9.17) is 9.26 Å². The average Bonchev–Trinajstić information content (AvgIpc) is 3.33. The van der Waals surface area contributed by atoms with E-state index in [9.17, 15) is 8.42 Å². The predicted molar refractivity (Wildman–Crippen MR) is 87.5 cm³/mol. The molecule has 4 rings (SSSR count). The zero-order chi connectivity index (χ0) is 17.3. The first kappa shape index (κ1) is 16.6. The number of pyridine rings is 1. The molecule has 4 heterocycles. The number of rotatable bonds is 4. The molecule has 2 aromatic heterocycles. The van der Waals surface area contributed by atoms with Gasteiger partial charge < -0.3 is 9.26 Å². The van der Waals surface area contributed by atoms with Gasteiger partial charge >= 0.3 is 0 Å². The zero-order valence-electron chi connectivity index (χ0n) is 13.6. The lowest BCUT2D eigenvalue weighted by molar-refractivity contribution is 0.0696. The predicted octanol–water partition coefficient (Wildman–Crippen LogP) is 0.845. The molecule has 0 bridgehead atoms. The van der Waals surface area contributed by atoms with Gasteiger partial charge in [-0.15, -0.1) is 0 Å². The highest BCUT2D eigenvalue weighted by molar-refractivity contribution is 7.86. The van der Waals surface area contributed by atoms with Crippen molar-refractivity contribution >= 4 is 10.2 Å². The smallest absolute Gasteiger partial charge is 0.282 e. The molecule has 2 fully saturated rings. The van der Waals surface area contributed by atoms with E-state index < -0.39 is 16.3 Å². The Hall–Kier alpha value is -1.88. The lowest BCUT2D eigenvalue weighted by Crippen LogP contribution is -2.48. The number of hydrogen-bond acceptors (Lipinski definition) is 7. The van der Waals surface area contributed by atoms with Gasteiger partial charge in [-0.25, -0.2) is 0 Å². The monoisotopic (exact) mass is 365 g/mol. The highest BCUT2D eigenvalue weighted by Crippen LogP contribution is 2.35. The fourth-order valence-electron chi connectivity index (χ4n) is 3.16. The minimum Gasteiger partial charge on any atom is -0.379 e. The first-order chi connectivity index (χ1) is 12.2. The van der Waals surface area contributed by atoms with E-state index >= 15 is 0 Å². The Morgan fingerprint density at radius 3 is 2.76 bits per heavy atom. The Kier molecular flexibility index (Phi) is 4.50. The lowest BCUT2D eigenvalue weighted by atomic mass is 10.2. The van der Waals surface area contributed by atoms with Crippen LogP contribution in [-0.2, 0) is 14.9 Å². The summed E-state index contributed by atoms with van der Waals surface area (Å²) < 4.78 is 39.4. The molecule has 2 aliphatic rings. The summed E-state index contributed by atoms with van der Waals surface area (Å²) in [5.41, 5.74) is 0.595. The van der Waals surface area contributed by atoms with Gasteiger partial charge in [-0.2, -0.15) is 22.0 Å². The third-order valence-electron chi connectivity index (χ3n) is 4.42. The van der Waals surface area contributed by atoms with Gasteiger partial charge in [-0.1, -0.05) is 11.2 Å². The molecular weight excluding hydrogens is 346 g/mol. The van der Waals surface area contributed by atoms with Crippen molar-refractivity contribution in [1.82, 2.24) is 23.7 Å². The number of ether oxygens (including phenoxy) is 1. The van der Waals surface area contributed by atoms with Crippen LogP contribution in [-0.4, -0.2) is 65.0 Å². The molecule has 1 atom stereocenters. The van der Waals surface area contributed by atoms with Crippen molar-refractivity contribution in [2.24, 2.45) is 0 Å². The van der Waals surface area contributed by atoms with Gasteiger partial charge in [0.25, 0.3) is 10.2 Å². The first-order valence-corrected chi connectivity index (χ1v) is 9.65. The third kappa shape index (κ3) is 3.17. The Morgan fingerprint density at radius 2 is 2.00 bits per heavy atom. The van der Waals surface area contributed by atoms with Gasteiger partial charge in [0.15, 0.2) is 0 Å². The molecule has 2 saturated heterocycles. The van der Waals surface area contributed by atoms with Crippen molar-refractivity contribution in [3.05, 3.63) is 30.3 Å². The molecule has 2 aliphatic heterocycles. The molecule has 9 nitrogen and oxygen atoms in total. The number of aromatic nitrogens is 3. The van der Waals surface area contributed by atoms with Crippen molar-refractivity contribution in [1.29, 1.82) is 0 Å². The van der Waals surface area contributed by atoms with E-state index in [0.29, 0.717) is 56.7 Å². The van der Waals surface area contributed by atoms with Crippen LogP contribution in [0, 0.1) is 0 Å². The Bertz CT molecular complexity index is 819. The standard InChI is InChI=1S/C15H19N5O4S/c21-25(22,19-8-10-23-11-9-19)20-7-3-5-13(20)15-17-14(18-24-15)12-4-1-2-6-16-12/h1-2,4,6,13H,3,5,7-11H2/t13-/m0/s1. The van der Waals surface area contributed by atoms with E-state index in [-0.39, 0.29) is 0 Å². The summed E-state index contributed by atoms with van der Waals surface area (Å²) in [7, 11) is -3.57. The third-order valence-corrected chi connectivity index (χ3v) is 6.46. The van der Waals surface area contributed by atoms with Crippen molar-refractivity contribution in [2.45, 2.75) is 18.9 Å². The topological polar surface area (TPSA) is 102 Å². The lowest BCUT2D eigenvalue weighted by Gasteiger charge is -2.31. The molecule has 10 heteroatoms. The van der Waals surface area contributed by atoms with Crippen LogP contribution in [0.3, 0.4) is 0 Å². The van der Waals surface area contributed by atoms with Crippen molar-refractivity contribution in [2.75, 3.05) is 32.8 Å². The van der Waals surface area contributed by atoms with Gasteiger partial charge in [0.1, 0.15) is 11.7 Å². The van der Waals surface area contributed by atoms with E-state index in [1.165, 1.54) is 8.61 Å². The molecule has 0 N–H and O–H groups in total. The fourth-order valence-corrected chi connectivity index (χ4v) is 4.94. The molecule has 0 aromatic carbocycles. The maximum Gasteiger partial charge on any atom is 0.282 e. The van der Waals surface area contributed by atoms with Crippen LogP contribution in [0.15, 0.2) is 28.9 Å². The van der Waals surface area contributed by atoms with Crippen LogP contribution in [0.25, 0.3) is 11.5 Å². The highest BCUT2D eigenvalue weighted by Gasteiger charge is 2.41. The van der Waals surface area contributed by atoms with Crippen molar-refractivity contribution in [3.63, 3.8) is 0 Å². The van der Waals surface area contributed by atoms with Crippen LogP contribution in [0.1, 0.15) is 24.8 Å². The molecule has 25 heavy (non-hydrogen) atoms. The minimum atomic E-state index is -3.57.